The summed E-state index contributed by atoms with van der Waals surface area (Å²) in [6.07, 6.45) is 2.26. The van der Waals surface area contributed by atoms with Gasteiger partial charge < -0.3 is 10.6 Å². The van der Waals surface area contributed by atoms with E-state index < -0.39 is 11.7 Å². The summed E-state index contributed by atoms with van der Waals surface area (Å²) < 4.78 is 13.5. The first-order valence-electron chi connectivity index (χ1n) is 7.10. The topological polar surface area (TPSA) is 41.1 Å². The second kappa shape index (κ2) is 7.43. The second-order valence-electron chi connectivity index (χ2n) is 4.79. The lowest BCUT2D eigenvalue weighted by Crippen LogP contribution is -2.13. The number of carbonyl (C=O) groups excluding carboxylic acids is 1. The fourth-order valence-electron chi connectivity index (χ4n) is 1.92. The molecule has 0 spiro atoms. The molecule has 0 aromatic heterocycles. The number of hydrogen-bond donors (Lipinski definition) is 2. The first kappa shape index (κ1) is 15.0. The Balaban J connectivity index is 1.97. The van der Waals surface area contributed by atoms with Gasteiger partial charge in [-0.3, -0.25) is 4.79 Å². The minimum absolute atomic E-state index is 0.0441. The number of amides is 1. The highest BCUT2D eigenvalue weighted by Gasteiger charge is 2.10. The minimum Gasteiger partial charge on any atom is -0.385 e. The molecule has 2 aromatic carbocycles. The smallest absolute Gasteiger partial charge is 0.258 e. The van der Waals surface area contributed by atoms with E-state index in [0.29, 0.717) is 5.69 Å². The Hall–Kier alpha value is -2.36. The van der Waals surface area contributed by atoms with Gasteiger partial charge in [0.05, 0.1) is 5.56 Å². The molecule has 0 saturated carbocycles. The van der Waals surface area contributed by atoms with Gasteiger partial charge in [-0.15, -0.1) is 0 Å². The fourth-order valence-corrected chi connectivity index (χ4v) is 1.92. The van der Waals surface area contributed by atoms with Crippen LogP contribution < -0.4 is 10.6 Å². The predicted octanol–water partition coefficient (Wildman–Crippen LogP) is 4.29. The van der Waals surface area contributed by atoms with E-state index in [4.69, 9.17) is 0 Å². The van der Waals surface area contributed by atoms with E-state index in [1.165, 1.54) is 12.1 Å². The highest BCUT2D eigenvalue weighted by molar-refractivity contribution is 6.04. The molecule has 0 aliphatic rings. The van der Waals surface area contributed by atoms with Crippen LogP contribution in [0.4, 0.5) is 15.8 Å². The second-order valence-corrected chi connectivity index (χ2v) is 4.79. The molecule has 3 nitrogen and oxygen atoms in total. The van der Waals surface area contributed by atoms with Gasteiger partial charge in [0, 0.05) is 17.9 Å². The van der Waals surface area contributed by atoms with Crippen molar-refractivity contribution in [1.29, 1.82) is 0 Å². The molecule has 0 radical (unpaired) electrons. The molecule has 0 heterocycles. The molecule has 21 heavy (non-hydrogen) atoms. The van der Waals surface area contributed by atoms with E-state index in [1.54, 1.807) is 24.3 Å². The van der Waals surface area contributed by atoms with Crippen LogP contribution in [0.3, 0.4) is 0 Å². The zero-order valence-electron chi connectivity index (χ0n) is 12.0. The van der Waals surface area contributed by atoms with Gasteiger partial charge in [0.15, 0.2) is 0 Å². The zero-order chi connectivity index (χ0) is 15.1. The van der Waals surface area contributed by atoms with Crippen LogP contribution in [-0.2, 0) is 0 Å². The number of halogens is 1. The van der Waals surface area contributed by atoms with E-state index in [9.17, 15) is 9.18 Å². The Morgan fingerprint density at radius 2 is 1.71 bits per heavy atom. The molecule has 2 aromatic rings. The molecule has 0 unspecified atom stereocenters. The Morgan fingerprint density at radius 3 is 2.38 bits per heavy atom. The van der Waals surface area contributed by atoms with Crippen LogP contribution in [0, 0.1) is 5.82 Å². The molecule has 0 bridgehead atoms. The van der Waals surface area contributed by atoms with Gasteiger partial charge in [0.25, 0.3) is 5.91 Å². The van der Waals surface area contributed by atoms with Gasteiger partial charge >= 0.3 is 0 Å². The van der Waals surface area contributed by atoms with Gasteiger partial charge in [-0.2, -0.15) is 0 Å². The number of nitrogens with one attached hydrogen (secondary N) is 2. The van der Waals surface area contributed by atoms with E-state index in [1.807, 2.05) is 12.1 Å². The van der Waals surface area contributed by atoms with Crippen molar-refractivity contribution in [3.8, 4) is 0 Å². The van der Waals surface area contributed by atoms with Crippen molar-refractivity contribution < 1.29 is 9.18 Å². The van der Waals surface area contributed by atoms with Crippen molar-refractivity contribution in [2.75, 3.05) is 17.2 Å². The van der Waals surface area contributed by atoms with Gasteiger partial charge in [0.2, 0.25) is 0 Å². The normalized spacial score (nSPS) is 10.2. The number of benzene rings is 2. The van der Waals surface area contributed by atoms with Gasteiger partial charge in [-0.1, -0.05) is 25.5 Å². The van der Waals surface area contributed by atoms with E-state index in [0.717, 1.165) is 25.1 Å². The molecular weight excluding hydrogens is 267 g/mol. The molecule has 0 saturated heterocycles. The summed E-state index contributed by atoms with van der Waals surface area (Å²) in [6.45, 7) is 3.07. The van der Waals surface area contributed by atoms with E-state index in [-0.39, 0.29) is 5.56 Å². The number of anilines is 2. The Kier molecular flexibility index (Phi) is 5.32. The third kappa shape index (κ3) is 4.31. The summed E-state index contributed by atoms with van der Waals surface area (Å²) >= 11 is 0. The van der Waals surface area contributed by atoms with Gasteiger partial charge in [0.1, 0.15) is 5.82 Å². The standard InChI is InChI=1S/C17H19FN2O/c1-2-3-12-19-13-8-10-14(11-9-13)20-17(21)15-6-4-5-7-16(15)18/h4-11,19H,2-3,12H2,1H3,(H,20,21). The SMILES string of the molecule is CCCCNc1ccc(NC(=O)c2ccccc2F)cc1. The lowest BCUT2D eigenvalue weighted by Gasteiger charge is -2.08. The quantitative estimate of drug-likeness (QED) is 0.778. The summed E-state index contributed by atoms with van der Waals surface area (Å²) in [6, 6.07) is 13.3. The van der Waals surface area contributed by atoms with Crippen LogP contribution in [0.25, 0.3) is 0 Å². The maximum absolute atomic E-state index is 13.5. The van der Waals surface area contributed by atoms with Crippen LogP contribution >= 0.6 is 0 Å². The third-order valence-electron chi connectivity index (χ3n) is 3.12. The lowest BCUT2D eigenvalue weighted by molar-refractivity contribution is 0.102. The molecular formula is C17H19FN2O. The molecule has 2 N–H and O–H groups in total. The van der Waals surface area contributed by atoms with Crippen molar-refractivity contribution >= 4 is 17.3 Å². The average molecular weight is 286 g/mol. The number of carbonyl (C=O) groups is 1. The molecule has 1 amide bonds. The lowest BCUT2D eigenvalue weighted by atomic mass is 10.2. The molecule has 110 valence electrons. The molecule has 0 fully saturated rings. The molecule has 0 aliphatic carbocycles. The number of hydrogen-bond acceptors (Lipinski definition) is 2. The molecule has 4 heteroatoms. The molecule has 0 aliphatic heterocycles. The Labute approximate surface area is 124 Å². The van der Waals surface area contributed by atoms with Crippen molar-refractivity contribution in [2.24, 2.45) is 0 Å². The number of rotatable bonds is 6. The largest absolute Gasteiger partial charge is 0.385 e. The van der Waals surface area contributed by atoms with E-state index >= 15 is 0 Å². The van der Waals surface area contributed by atoms with Crippen molar-refractivity contribution in [3.63, 3.8) is 0 Å². The fraction of sp³-hybridized carbons (Fsp3) is 0.235. The Bertz CT molecular complexity index is 596. The van der Waals surface area contributed by atoms with Gasteiger partial charge in [-0.25, -0.2) is 4.39 Å². The van der Waals surface area contributed by atoms with Crippen LogP contribution in [0.2, 0.25) is 0 Å². The summed E-state index contributed by atoms with van der Waals surface area (Å²) in [5.41, 5.74) is 1.69. The van der Waals surface area contributed by atoms with Crippen LogP contribution in [0.5, 0.6) is 0 Å². The first-order valence-corrected chi connectivity index (χ1v) is 7.10. The molecule has 2 rings (SSSR count). The monoisotopic (exact) mass is 286 g/mol. The van der Waals surface area contributed by atoms with Crippen LogP contribution in [-0.4, -0.2) is 12.5 Å². The molecule has 0 atom stereocenters. The third-order valence-corrected chi connectivity index (χ3v) is 3.12. The highest BCUT2D eigenvalue weighted by atomic mass is 19.1. The Morgan fingerprint density at radius 1 is 1.05 bits per heavy atom. The zero-order valence-corrected chi connectivity index (χ0v) is 12.0. The maximum Gasteiger partial charge on any atom is 0.258 e. The first-order chi connectivity index (χ1) is 10.2. The maximum atomic E-state index is 13.5. The van der Waals surface area contributed by atoms with E-state index in [2.05, 4.69) is 17.6 Å². The summed E-state index contributed by atoms with van der Waals surface area (Å²) in [5, 5.41) is 5.98. The van der Waals surface area contributed by atoms with Crippen LogP contribution in [0.1, 0.15) is 30.1 Å². The van der Waals surface area contributed by atoms with Crippen molar-refractivity contribution in [3.05, 3.63) is 59.9 Å². The average Bonchev–Trinajstić information content (AvgIpc) is 2.49. The summed E-state index contributed by atoms with van der Waals surface area (Å²) in [7, 11) is 0. The van der Waals surface area contributed by atoms with Gasteiger partial charge in [-0.05, 0) is 42.8 Å². The minimum atomic E-state index is -0.521. The highest BCUT2D eigenvalue weighted by Crippen LogP contribution is 2.15. The van der Waals surface area contributed by atoms with Crippen molar-refractivity contribution in [2.45, 2.75) is 19.8 Å². The summed E-state index contributed by atoms with van der Waals surface area (Å²) in [4.78, 5) is 12.0. The predicted molar refractivity (Wildman–Crippen MR) is 84.2 cm³/mol. The van der Waals surface area contributed by atoms with Crippen LogP contribution in [0.15, 0.2) is 48.5 Å². The summed E-state index contributed by atoms with van der Waals surface area (Å²) in [5.74, 6) is -0.965. The van der Waals surface area contributed by atoms with Crippen molar-refractivity contribution in [1.82, 2.24) is 0 Å². The number of unbranched alkanes of at least 4 members (excludes halogenated alkanes) is 1.